The number of nitrogens with one attached hydrogen (secondary N) is 1. The highest BCUT2D eigenvalue weighted by atomic mass is 35.5. The molecule has 0 bridgehead atoms. The molecular formula is C20H18ClF3N4O2S. The number of carbonyl (C=O) groups excluding carboxylic acids is 1. The molecule has 31 heavy (non-hydrogen) atoms. The van der Waals surface area contributed by atoms with Gasteiger partial charge in [-0.1, -0.05) is 29.4 Å². The van der Waals surface area contributed by atoms with Gasteiger partial charge in [0.2, 0.25) is 5.91 Å². The van der Waals surface area contributed by atoms with Crippen LogP contribution in [-0.4, -0.2) is 33.5 Å². The molecule has 11 heteroatoms. The number of carbonyl (C=O) groups is 1. The Bertz CT molecular complexity index is 1070. The zero-order chi connectivity index (χ0) is 22.6. The first-order valence-corrected chi connectivity index (χ1v) is 10.5. The van der Waals surface area contributed by atoms with Crippen molar-refractivity contribution >= 4 is 35.0 Å². The van der Waals surface area contributed by atoms with Gasteiger partial charge >= 0.3 is 6.18 Å². The van der Waals surface area contributed by atoms with Crippen molar-refractivity contribution in [3.63, 3.8) is 0 Å². The van der Waals surface area contributed by atoms with E-state index in [2.05, 4.69) is 15.5 Å². The van der Waals surface area contributed by atoms with Crippen molar-refractivity contribution in [1.29, 1.82) is 0 Å². The molecule has 3 aromatic rings. The Labute approximate surface area is 185 Å². The molecule has 0 saturated heterocycles. The molecule has 1 N–H and O–H groups in total. The summed E-state index contributed by atoms with van der Waals surface area (Å²) in [6, 6.07) is 10.6. The molecule has 6 nitrogen and oxygen atoms in total. The SMILES string of the molecule is CCn1c(SCC(=O)Nc2c(Cl)cccc2C(F)(F)F)nnc1-c1ccc(OC)cc1. The summed E-state index contributed by atoms with van der Waals surface area (Å²) in [5, 5.41) is 10.8. The monoisotopic (exact) mass is 470 g/mol. The van der Waals surface area contributed by atoms with Gasteiger partial charge in [0, 0.05) is 12.1 Å². The number of methoxy groups -OCH3 is 1. The van der Waals surface area contributed by atoms with Crippen molar-refractivity contribution < 1.29 is 22.7 Å². The first kappa shape index (κ1) is 23.0. The van der Waals surface area contributed by atoms with Crippen LogP contribution >= 0.6 is 23.4 Å². The number of anilines is 1. The van der Waals surface area contributed by atoms with Gasteiger partial charge in [-0.05, 0) is 43.3 Å². The van der Waals surface area contributed by atoms with Crippen molar-refractivity contribution in [2.45, 2.75) is 24.8 Å². The van der Waals surface area contributed by atoms with E-state index in [1.165, 1.54) is 12.1 Å². The minimum Gasteiger partial charge on any atom is -0.497 e. The van der Waals surface area contributed by atoms with E-state index >= 15 is 0 Å². The third kappa shape index (κ3) is 5.31. The van der Waals surface area contributed by atoms with Crippen LogP contribution in [0.3, 0.4) is 0 Å². The number of hydrogen-bond acceptors (Lipinski definition) is 5. The van der Waals surface area contributed by atoms with Crippen LogP contribution in [0.4, 0.5) is 18.9 Å². The normalized spacial score (nSPS) is 11.4. The molecule has 1 amide bonds. The summed E-state index contributed by atoms with van der Waals surface area (Å²) in [5.41, 5.74) is -0.646. The van der Waals surface area contributed by atoms with Gasteiger partial charge in [0.05, 0.1) is 29.1 Å². The number of thioether (sulfide) groups is 1. The minimum absolute atomic E-state index is 0.163. The van der Waals surface area contributed by atoms with Crippen LogP contribution in [0.15, 0.2) is 47.6 Å². The zero-order valence-corrected chi connectivity index (χ0v) is 18.1. The smallest absolute Gasteiger partial charge is 0.418 e. The molecule has 3 rings (SSSR count). The lowest BCUT2D eigenvalue weighted by Crippen LogP contribution is -2.19. The molecule has 164 valence electrons. The first-order chi connectivity index (χ1) is 14.7. The molecule has 0 saturated carbocycles. The van der Waals surface area contributed by atoms with Crippen LogP contribution in [0.5, 0.6) is 5.75 Å². The second kappa shape index (κ2) is 9.61. The van der Waals surface area contributed by atoms with Gasteiger partial charge in [0.15, 0.2) is 11.0 Å². The molecule has 2 aromatic carbocycles. The summed E-state index contributed by atoms with van der Waals surface area (Å²) in [6.07, 6.45) is -4.64. The number of alkyl halides is 3. The Hall–Kier alpha value is -2.72. The largest absolute Gasteiger partial charge is 0.497 e. The van der Waals surface area contributed by atoms with Crippen LogP contribution < -0.4 is 10.1 Å². The lowest BCUT2D eigenvalue weighted by molar-refractivity contribution is -0.137. The van der Waals surface area contributed by atoms with Gasteiger partial charge in [-0.15, -0.1) is 10.2 Å². The van der Waals surface area contributed by atoms with E-state index in [0.29, 0.717) is 23.3 Å². The first-order valence-electron chi connectivity index (χ1n) is 9.10. The lowest BCUT2D eigenvalue weighted by atomic mass is 10.1. The molecule has 0 radical (unpaired) electrons. The summed E-state index contributed by atoms with van der Waals surface area (Å²) >= 11 is 6.95. The molecule has 0 aliphatic rings. The average Bonchev–Trinajstić information content (AvgIpc) is 3.16. The number of aromatic nitrogens is 3. The van der Waals surface area contributed by atoms with E-state index < -0.39 is 23.3 Å². The minimum atomic E-state index is -4.64. The van der Waals surface area contributed by atoms with E-state index in [4.69, 9.17) is 16.3 Å². The summed E-state index contributed by atoms with van der Waals surface area (Å²) in [7, 11) is 1.57. The molecule has 0 spiro atoms. The quantitative estimate of drug-likeness (QED) is 0.470. The second-order valence-electron chi connectivity index (χ2n) is 6.28. The zero-order valence-electron chi connectivity index (χ0n) is 16.5. The number of para-hydroxylation sites is 1. The fraction of sp³-hybridized carbons (Fsp3) is 0.250. The number of benzene rings is 2. The lowest BCUT2D eigenvalue weighted by Gasteiger charge is -2.15. The highest BCUT2D eigenvalue weighted by Gasteiger charge is 2.34. The van der Waals surface area contributed by atoms with Gasteiger partial charge in [0.1, 0.15) is 5.75 Å². The molecule has 0 aliphatic carbocycles. The number of ether oxygens (including phenoxy) is 1. The maximum atomic E-state index is 13.2. The maximum absolute atomic E-state index is 13.2. The Morgan fingerprint density at radius 1 is 1.19 bits per heavy atom. The molecule has 0 fully saturated rings. The summed E-state index contributed by atoms with van der Waals surface area (Å²) in [4.78, 5) is 12.3. The van der Waals surface area contributed by atoms with Gasteiger partial charge in [-0.25, -0.2) is 0 Å². The van der Waals surface area contributed by atoms with Gasteiger partial charge < -0.3 is 14.6 Å². The van der Waals surface area contributed by atoms with Crippen molar-refractivity contribution in [3.8, 4) is 17.1 Å². The number of nitrogens with zero attached hydrogens (tertiary/aromatic N) is 3. The molecular weight excluding hydrogens is 453 g/mol. The Morgan fingerprint density at radius 3 is 2.52 bits per heavy atom. The summed E-state index contributed by atoms with van der Waals surface area (Å²) in [5.74, 6) is 0.512. The van der Waals surface area contributed by atoms with E-state index in [-0.39, 0.29) is 10.8 Å². The third-order valence-electron chi connectivity index (χ3n) is 4.30. The van der Waals surface area contributed by atoms with Crippen molar-refractivity contribution in [2.75, 3.05) is 18.2 Å². The second-order valence-corrected chi connectivity index (χ2v) is 7.63. The predicted octanol–water partition coefficient (Wildman–Crippen LogP) is 5.38. The maximum Gasteiger partial charge on any atom is 0.418 e. The highest BCUT2D eigenvalue weighted by Crippen LogP contribution is 2.38. The van der Waals surface area contributed by atoms with Gasteiger partial charge in [-0.3, -0.25) is 4.79 Å². The van der Waals surface area contributed by atoms with Crippen molar-refractivity contribution in [2.24, 2.45) is 0 Å². The topological polar surface area (TPSA) is 69.0 Å². The van der Waals surface area contributed by atoms with E-state index in [0.717, 1.165) is 23.4 Å². The molecule has 0 aliphatic heterocycles. The molecule has 1 aromatic heterocycles. The third-order valence-corrected chi connectivity index (χ3v) is 5.58. The molecule has 0 unspecified atom stereocenters. The predicted molar refractivity (Wildman–Crippen MR) is 113 cm³/mol. The van der Waals surface area contributed by atoms with E-state index in [1.54, 1.807) is 19.2 Å². The molecule has 1 heterocycles. The van der Waals surface area contributed by atoms with Crippen LogP contribution in [0.25, 0.3) is 11.4 Å². The van der Waals surface area contributed by atoms with E-state index in [1.807, 2.05) is 23.6 Å². The van der Waals surface area contributed by atoms with Gasteiger partial charge in [0.25, 0.3) is 0 Å². The number of amides is 1. The average molecular weight is 471 g/mol. The fourth-order valence-electron chi connectivity index (χ4n) is 2.83. The number of halogens is 4. The molecule has 0 atom stereocenters. The Kier molecular flexibility index (Phi) is 7.11. The van der Waals surface area contributed by atoms with Crippen molar-refractivity contribution in [3.05, 3.63) is 53.1 Å². The Balaban J connectivity index is 1.74. The fourth-order valence-corrected chi connectivity index (χ4v) is 3.85. The van der Waals surface area contributed by atoms with Crippen LogP contribution in [0.1, 0.15) is 12.5 Å². The van der Waals surface area contributed by atoms with Crippen LogP contribution in [0, 0.1) is 0 Å². The Morgan fingerprint density at radius 2 is 1.90 bits per heavy atom. The van der Waals surface area contributed by atoms with Crippen LogP contribution in [-0.2, 0) is 17.5 Å². The summed E-state index contributed by atoms with van der Waals surface area (Å²) < 4.78 is 46.5. The summed E-state index contributed by atoms with van der Waals surface area (Å²) in [6.45, 7) is 2.45. The number of rotatable bonds is 7. The van der Waals surface area contributed by atoms with Gasteiger partial charge in [-0.2, -0.15) is 13.2 Å². The van der Waals surface area contributed by atoms with E-state index in [9.17, 15) is 18.0 Å². The highest BCUT2D eigenvalue weighted by molar-refractivity contribution is 7.99. The van der Waals surface area contributed by atoms with Crippen molar-refractivity contribution in [1.82, 2.24) is 14.8 Å². The standard InChI is InChI=1S/C20H18ClF3N4O2S/c1-3-28-18(12-7-9-13(30-2)10-8-12)26-27-19(28)31-11-16(29)25-17-14(20(22,23)24)5-4-6-15(17)21/h4-10H,3,11H2,1-2H3,(H,25,29). The number of hydrogen-bond donors (Lipinski definition) is 1. The van der Waals surface area contributed by atoms with Crippen LogP contribution in [0.2, 0.25) is 5.02 Å².